The van der Waals surface area contributed by atoms with Crippen molar-refractivity contribution in [3.63, 3.8) is 0 Å². The Hall–Kier alpha value is -2.38. The fraction of sp³-hybridized carbons (Fsp3) is 0.458. The highest BCUT2D eigenvalue weighted by molar-refractivity contribution is 7.89. The molecule has 0 unspecified atom stereocenters. The molecule has 1 N–H and O–H groups in total. The smallest absolute Gasteiger partial charge is 0.241 e. The molecule has 31 heavy (non-hydrogen) atoms. The van der Waals surface area contributed by atoms with E-state index in [-0.39, 0.29) is 16.8 Å². The third kappa shape index (κ3) is 4.93. The first-order chi connectivity index (χ1) is 14.8. The number of hydrogen-bond donors (Lipinski definition) is 1. The summed E-state index contributed by atoms with van der Waals surface area (Å²) in [5.41, 5.74) is 2.87. The van der Waals surface area contributed by atoms with Gasteiger partial charge in [-0.15, -0.1) is 0 Å². The van der Waals surface area contributed by atoms with Gasteiger partial charge in [0.2, 0.25) is 15.9 Å². The van der Waals surface area contributed by atoms with E-state index in [2.05, 4.69) is 28.7 Å². The zero-order chi connectivity index (χ0) is 22.0. The molecule has 2 aliphatic heterocycles. The van der Waals surface area contributed by atoms with Crippen molar-refractivity contribution in [1.82, 2.24) is 4.72 Å². The van der Waals surface area contributed by atoms with Gasteiger partial charge < -0.3 is 9.80 Å². The van der Waals surface area contributed by atoms with E-state index >= 15 is 0 Å². The molecule has 2 aliphatic rings. The third-order valence-electron chi connectivity index (χ3n) is 6.41. The van der Waals surface area contributed by atoms with Crippen LogP contribution in [0.1, 0.15) is 51.1 Å². The summed E-state index contributed by atoms with van der Waals surface area (Å²) in [7, 11) is -3.66. The van der Waals surface area contributed by atoms with E-state index in [4.69, 9.17) is 0 Å². The van der Waals surface area contributed by atoms with Gasteiger partial charge in [-0.1, -0.05) is 19.1 Å². The van der Waals surface area contributed by atoms with E-state index in [1.165, 1.54) is 18.5 Å². The highest BCUT2D eigenvalue weighted by Gasteiger charge is 2.23. The molecule has 2 aromatic carbocycles. The molecule has 2 aromatic rings. The minimum absolute atomic E-state index is 0.0878. The lowest BCUT2D eigenvalue weighted by Crippen LogP contribution is -2.32. The second-order valence-corrected chi connectivity index (χ2v) is 10.5. The minimum atomic E-state index is -3.66. The number of nitrogens with one attached hydrogen (secondary N) is 1. The van der Waals surface area contributed by atoms with E-state index in [1.807, 2.05) is 19.1 Å². The molecule has 166 valence electrons. The molecular formula is C24H31N3O3S. The molecule has 0 radical (unpaired) electrons. The molecule has 0 aliphatic carbocycles. The molecule has 2 saturated heterocycles. The predicted molar refractivity (Wildman–Crippen MR) is 124 cm³/mol. The topological polar surface area (TPSA) is 69.7 Å². The summed E-state index contributed by atoms with van der Waals surface area (Å²) in [6.07, 6.45) is 3.81. The van der Waals surface area contributed by atoms with Crippen LogP contribution in [0.2, 0.25) is 0 Å². The monoisotopic (exact) mass is 441 g/mol. The number of amides is 1. The van der Waals surface area contributed by atoms with Crippen molar-refractivity contribution in [2.45, 2.75) is 50.5 Å². The molecule has 7 heteroatoms. The van der Waals surface area contributed by atoms with Crippen LogP contribution in [0, 0.1) is 5.92 Å². The Morgan fingerprint density at radius 2 is 1.55 bits per heavy atom. The summed E-state index contributed by atoms with van der Waals surface area (Å²) >= 11 is 0. The summed E-state index contributed by atoms with van der Waals surface area (Å²) in [5, 5.41) is 0. The molecule has 0 aromatic heterocycles. The highest BCUT2D eigenvalue weighted by atomic mass is 32.2. The number of hydrogen-bond acceptors (Lipinski definition) is 4. The average Bonchev–Trinajstić information content (AvgIpc) is 3.20. The number of nitrogens with zero attached hydrogens (tertiary/aromatic N) is 2. The fourth-order valence-corrected chi connectivity index (χ4v) is 5.57. The first-order valence-electron chi connectivity index (χ1n) is 11.1. The summed E-state index contributed by atoms with van der Waals surface area (Å²) in [6, 6.07) is 14.4. The molecule has 4 rings (SSSR count). The molecule has 6 nitrogen and oxygen atoms in total. The molecule has 2 fully saturated rings. The van der Waals surface area contributed by atoms with Crippen molar-refractivity contribution in [1.29, 1.82) is 0 Å². The molecule has 0 bridgehead atoms. The van der Waals surface area contributed by atoms with Gasteiger partial charge in [0.05, 0.1) is 4.90 Å². The third-order valence-corrected chi connectivity index (χ3v) is 7.96. The maximum Gasteiger partial charge on any atom is 0.241 e. The van der Waals surface area contributed by atoms with Gasteiger partial charge in [0.25, 0.3) is 0 Å². The van der Waals surface area contributed by atoms with Gasteiger partial charge in [-0.25, -0.2) is 13.1 Å². The standard InChI is InChI=1S/C24H31N3O3S/c1-18-13-16-26(17-14-18)21-7-5-20(6-8-21)19(2)25-31(29,30)23-11-9-22(10-12-23)27-15-3-4-24(27)28/h5-12,18-19,25H,3-4,13-17H2,1-2H3/t19-/m0/s1. The van der Waals surface area contributed by atoms with Crippen molar-refractivity contribution in [3.05, 3.63) is 54.1 Å². The number of carbonyl (C=O) groups excluding carboxylic acids is 1. The Labute approximate surface area is 185 Å². The molecule has 0 saturated carbocycles. The van der Waals surface area contributed by atoms with Crippen molar-refractivity contribution >= 4 is 27.3 Å². The van der Waals surface area contributed by atoms with Crippen LogP contribution in [0.15, 0.2) is 53.4 Å². The summed E-state index contributed by atoms with van der Waals surface area (Å²) < 4.78 is 28.5. The predicted octanol–water partition coefficient (Wildman–Crippen LogP) is 4.09. The Bertz CT molecular complexity index is 1010. The number of anilines is 2. The van der Waals surface area contributed by atoms with E-state index in [9.17, 15) is 13.2 Å². The number of benzene rings is 2. The van der Waals surface area contributed by atoms with Crippen LogP contribution < -0.4 is 14.5 Å². The molecule has 1 amide bonds. The van der Waals surface area contributed by atoms with E-state index in [0.29, 0.717) is 13.0 Å². The van der Waals surface area contributed by atoms with Crippen molar-refractivity contribution in [3.8, 4) is 0 Å². The second-order valence-electron chi connectivity index (χ2n) is 8.75. The van der Waals surface area contributed by atoms with Crippen molar-refractivity contribution < 1.29 is 13.2 Å². The van der Waals surface area contributed by atoms with Gasteiger partial charge in [0.15, 0.2) is 0 Å². The summed E-state index contributed by atoms with van der Waals surface area (Å²) in [5.74, 6) is 0.875. The Morgan fingerprint density at radius 1 is 0.935 bits per heavy atom. The van der Waals surface area contributed by atoms with Gasteiger partial charge in [-0.05, 0) is 74.1 Å². The SMILES string of the molecule is CC1CCN(c2ccc([C@H](C)NS(=O)(=O)c3ccc(N4CCCC4=O)cc3)cc2)CC1. The zero-order valence-electron chi connectivity index (χ0n) is 18.3. The van der Waals surface area contributed by atoms with E-state index < -0.39 is 10.0 Å². The lowest BCUT2D eigenvalue weighted by molar-refractivity contribution is -0.117. The van der Waals surface area contributed by atoms with Gasteiger partial charge >= 0.3 is 0 Å². The number of piperidine rings is 1. The second kappa shape index (κ2) is 9.01. The molecule has 2 heterocycles. The number of sulfonamides is 1. The average molecular weight is 442 g/mol. The Morgan fingerprint density at radius 3 is 2.13 bits per heavy atom. The number of carbonyl (C=O) groups is 1. The van der Waals surface area contributed by atoms with Gasteiger partial charge in [0, 0.05) is 43.5 Å². The molecular weight excluding hydrogens is 410 g/mol. The van der Waals surface area contributed by atoms with Crippen molar-refractivity contribution in [2.24, 2.45) is 5.92 Å². The largest absolute Gasteiger partial charge is 0.372 e. The fourth-order valence-electron chi connectivity index (χ4n) is 4.34. The first-order valence-corrected chi connectivity index (χ1v) is 12.6. The first kappa shape index (κ1) is 21.8. The summed E-state index contributed by atoms with van der Waals surface area (Å²) in [6.45, 7) is 6.98. The van der Waals surface area contributed by atoms with Crippen LogP contribution in [0.4, 0.5) is 11.4 Å². The van der Waals surface area contributed by atoms with Crippen LogP contribution in [-0.4, -0.2) is 34.0 Å². The van der Waals surface area contributed by atoms with Gasteiger partial charge in [0.1, 0.15) is 0 Å². The van der Waals surface area contributed by atoms with Crippen LogP contribution in [0.25, 0.3) is 0 Å². The van der Waals surface area contributed by atoms with Crippen LogP contribution in [0.3, 0.4) is 0 Å². The maximum absolute atomic E-state index is 12.9. The normalized spacial score (nSPS) is 19.1. The molecule has 1 atom stereocenters. The van der Waals surface area contributed by atoms with Crippen LogP contribution >= 0.6 is 0 Å². The molecule has 0 spiro atoms. The Kier molecular flexibility index (Phi) is 6.34. The van der Waals surface area contributed by atoms with E-state index in [0.717, 1.165) is 36.7 Å². The van der Waals surface area contributed by atoms with Gasteiger partial charge in [-0.3, -0.25) is 4.79 Å². The number of rotatable bonds is 6. The Balaban J connectivity index is 1.41. The lowest BCUT2D eigenvalue weighted by Gasteiger charge is -2.32. The minimum Gasteiger partial charge on any atom is -0.372 e. The maximum atomic E-state index is 12.9. The summed E-state index contributed by atoms with van der Waals surface area (Å²) in [4.78, 5) is 16.2. The highest BCUT2D eigenvalue weighted by Crippen LogP contribution is 2.26. The lowest BCUT2D eigenvalue weighted by atomic mass is 9.98. The van der Waals surface area contributed by atoms with Gasteiger partial charge in [-0.2, -0.15) is 0 Å². The quantitative estimate of drug-likeness (QED) is 0.733. The van der Waals surface area contributed by atoms with Crippen LogP contribution in [0.5, 0.6) is 0 Å². The van der Waals surface area contributed by atoms with Crippen molar-refractivity contribution in [2.75, 3.05) is 29.4 Å². The van der Waals surface area contributed by atoms with E-state index in [1.54, 1.807) is 29.2 Å². The van der Waals surface area contributed by atoms with Crippen LogP contribution in [-0.2, 0) is 14.8 Å². The zero-order valence-corrected chi connectivity index (χ0v) is 19.1.